The van der Waals surface area contributed by atoms with E-state index >= 15 is 0 Å². The molecule has 0 aliphatic rings. The number of thioether (sulfide) groups is 1. The molecule has 1 N–H and O–H groups in total. The lowest BCUT2D eigenvalue weighted by Crippen LogP contribution is -2.17. The van der Waals surface area contributed by atoms with Crippen LogP contribution in [-0.2, 0) is 15.9 Å². The van der Waals surface area contributed by atoms with Gasteiger partial charge in [0.15, 0.2) is 11.4 Å². The number of hydrogen-bond donors (Lipinski definition) is 1. The van der Waals surface area contributed by atoms with Crippen molar-refractivity contribution in [3.63, 3.8) is 0 Å². The Balaban J connectivity index is 2.67. The molecule has 1 aromatic rings. The largest absolute Gasteiger partial charge is 0.355 e. The molecule has 1 rings (SSSR count). The van der Waals surface area contributed by atoms with Crippen LogP contribution in [0.3, 0.4) is 0 Å². The molecule has 0 aliphatic carbocycles. The molecule has 0 radical (unpaired) electrons. The third kappa shape index (κ3) is 4.89. The first kappa shape index (κ1) is 14.2. The minimum Gasteiger partial charge on any atom is -0.355 e. The molecule has 0 aliphatic heterocycles. The Bertz CT molecular complexity index is 391. The summed E-state index contributed by atoms with van der Waals surface area (Å²) in [5.74, 6) is 0.589. The Morgan fingerprint density at radius 1 is 1.47 bits per heavy atom. The van der Waals surface area contributed by atoms with Crippen LogP contribution < -0.4 is 5.56 Å². The number of aryl methyl sites for hydroxylation is 1. The number of hydrogen-bond acceptors (Lipinski definition) is 5. The van der Waals surface area contributed by atoms with E-state index in [0.717, 1.165) is 18.5 Å². The summed E-state index contributed by atoms with van der Waals surface area (Å²) in [5.41, 5.74) is 0.711. The summed E-state index contributed by atoms with van der Waals surface area (Å²) >= 11 is 1.42. The second kappa shape index (κ2) is 7.47. The minimum absolute atomic E-state index is 0.114. The molecule has 96 valence electrons. The highest BCUT2D eigenvalue weighted by Gasteiger charge is 2.08. The Kier molecular flexibility index (Phi) is 6.25. The van der Waals surface area contributed by atoms with Crippen molar-refractivity contribution in [3.05, 3.63) is 22.1 Å². The smallest absolute Gasteiger partial charge is 0.251 e. The van der Waals surface area contributed by atoms with Gasteiger partial charge in [-0.2, -0.15) is 0 Å². The summed E-state index contributed by atoms with van der Waals surface area (Å²) in [7, 11) is 3.16. The van der Waals surface area contributed by atoms with Crippen molar-refractivity contribution in [2.24, 2.45) is 0 Å². The molecule has 1 aromatic heterocycles. The fraction of sp³-hybridized carbons (Fsp3) is 0.636. The molecular weight excluding hydrogens is 240 g/mol. The molecule has 1 heterocycles. The number of aromatic nitrogens is 2. The third-order valence-corrected chi connectivity index (χ3v) is 3.07. The van der Waals surface area contributed by atoms with Crippen LogP contribution in [0.5, 0.6) is 0 Å². The molecule has 0 amide bonds. The first-order chi connectivity index (χ1) is 8.19. The van der Waals surface area contributed by atoms with Crippen molar-refractivity contribution in [2.45, 2.75) is 31.2 Å². The molecule has 0 atom stereocenters. The number of H-pyrrole nitrogens is 1. The van der Waals surface area contributed by atoms with Crippen LogP contribution >= 0.6 is 11.8 Å². The van der Waals surface area contributed by atoms with E-state index in [-0.39, 0.29) is 11.8 Å². The summed E-state index contributed by atoms with van der Waals surface area (Å²) in [6.07, 6.45) is 1.49. The molecule has 0 saturated carbocycles. The van der Waals surface area contributed by atoms with E-state index in [1.807, 2.05) is 0 Å². The summed E-state index contributed by atoms with van der Waals surface area (Å²) in [6, 6.07) is 1.54. The Morgan fingerprint density at radius 3 is 2.76 bits per heavy atom. The van der Waals surface area contributed by atoms with Crippen molar-refractivity contribution < 1.29 is 9.47 Å². The van der Waals surface area contributed by atoms with Gasteiger partial charge < -0.3 is 14.5 Å². The Labute approximate surface area is 105 Å². The molecule has 0 saturated heterocycles. The van der Waals surface area contributed by atoms with Crippen molar-refractivity contribution in [1.29, 1.82) is 0 Å². The van der Waals surface area contributed by atoms with E-state index in [1.54, 1.807) is 14.2 Å². The first-order valence-electron chi connectivity index (χ1n) is 5.48. The maximum absolute atomic E-state index is 11.4. The van der Waals surface area contributed by atoms with Crippen molar-refractivity contribution in [1.82, 2.24) is 9.97 Å². The highest BCUT2D eigenvalue weighted by Crippen LogP contribution is 2.14. The lowest BCUT2D eigenvalue weighted by molar-refractivity contribution is -0.0842. The summed E-state index contributed by atoms with van der Waals surface area (Å²) in [5, 5.41) is 0.611. The molecule has 0 aromatic carbocycles. The first-order valence-corrected chi connectivity index (χ1v) is 6.46. The van der Waals surface area contributed by atoms with Crippen LogP contribution in [0.15, 0.2) is 16.0 Å². The number of aromatic amines is 1. The van der Waals surface area contributed by atoms with Crippen LogP contribution in [-0.4, -0.2) is 36.2 Å². The molecule has 17 heavy (non-hydrogen) atoms. The van der Waals surface area contributed by atoms with Crippen LogP contribution in [0.1, 0.15) is 19.0 Å². The highest BCUT2D eigenvalue weighted by atomic mass is 32.2. The predicted molar refractivity (Wildman–Crippen MR) is 67.4 cm³/mol. The number of methoxy groups -OCH3 is 2. The van der Waals surface area contributed by atoms with Gasteiger partial charge >= 0.3 is 0 Å². The lowest BCUT2D eigenvalue weighted by Gasteiger charge is -2.12. The fourth-order valence-corrected chi connectivity index (χ4v) is 2.24. The zero-order valence-electron chi connectivity index (χ0n) is 10.4. The van der Waals surface area contributed by atoms with Crippen LogP contribution in [0.4, 0.5) is 0 Å². The zero-order chi connectivity index (χ0) is 12.7. The van der Waals surface area contributed by atoms with Crippen LogP contribution in [0.2, 0.25) is 0 Å². The average Bonchev–Trinajstić information content (AvgIpc) is 2.30. The highest BCUT2D eigenvalue weighted by molar-refractivity contribution is 7.99. The molecule has 6 heteroatoms. The van der Waals surface area contributed by atoms with E-state index in [1.165, 1.54) is 17.8 Å². The van der Waals surface area contributed by atoms with E-state index in [2.05, 4.69) is 16.9 Å². The fourth-order valence-electron chi connectivity index (χ4n) is 1.32. The van der Waals surface area contributed by atoms with Gasteiger partial charge in [-0.25, -0.2) is 4.98 Å². The van der Waals surface area contributed by atoms with Gasteiger partial charge in [-0.05, 0) is 6.42 Å². The van der Waals surface area contributed by atoms with Crippen LogP contribution in [0.25, 0.3) is 0 Å². The third-order valence-electron chi connectivity index (χ3n) is 2.16. The standard InChI is InChI=1S/C11H18N2O3S/c1-4-5-8-6-9(14)13-11(12-8)17-7-10(15-2)16-3/h6,10H,4-5,7H2,1-3H3,(H,12,13,14). The minimum atomic E-state index is -0.292. The maximum Gasteiger partial charge on any atom is 0.251 e. The lowest BCUT2D eigenvalue weighted by atomic mass is 10.2. The van der Waals surface area contributed by atoms with Gasteiger partial charge in [0, 0.05) is 26.0 Å². The van der Waals surface area contributed by atoms with E-state index in [4.69, 9.17) is 9.47 Å². The monoisotopic (exact) mass is 258 g/mol. The SMILES string of the molecule is CCCc1cc(=O)[nH]c(SCC(OC)OC)n1. The molecule has 0 fully saturated rings. The van der Waals surface area contributed by atoms with Crippen molar-refractivity contribution >= 4 is 11.8 Å². The van der Waals surface area contributed by atoms with Crippen molar-refractivity contribution in [3.8, 4) is 0 Å². The second-order valence-electron chi connectivity index (χ2n) is 3.50. The average molecular weight is 258 g/mol. The van der Waals surface area contributed by atoms with Gasteiger partial charge in [0.05, 0.1) is 5.75 Å². The topological polar surface area (TPSA) is 64.2 Å². The number of nitrogens with one attached hydrogen (secondary N) is 1. The van der Waals surface area contributed by atoms with Crippen molar-refractivity contribution in [2.75, 3.05) is 20.0 Å². The summed E-state index contributed by atoms with van der Waals surface area (Å²) < 4.78 is 10.1. The Hall–Kier alpha value is -0.850. The maximum atomic E-state index is 11.4. The van der Waals surface area contributed by atoms with E-state index < -0.39 is 0 Å². The predicted octanol–water partition coefficient (Wildman–Crippen LogP) is 1.43. The number of nitrogens with zero attached hydrogens (tertiary/aromatic N) is 1. The van der Waals surface area contributed by atoms with E-state index in [0.29, 0.717) is 10.9 Å². The number of rotatable bonds is 7. The Morgan fingerprint density at radius 2 is 2.18 bits per heavy atom. The molecular formula is C11H18N2O3S. The molecule has 0 spiro atoms. The van der Waals surface area contributed by atoms with Crippen LogP contribution in [0, 0.1) is 0 Å². The zero-order valence-corrected chi connectivity index (χ0v) is 11.2. The molecule has 0 unspecified atom stereocenters. The summed E-state index contributed by atoms with van der Waals surface area (Å²) in [6.45, 7) is 2.06. The van der Waals surface area contributed by atoms with Gasteiger partial charge in [0.1, 0.15) is 0 Å². The molecule has 0 bridgehead atoms. The van der Waals surface area contributed by atoms with E-state index in [9.17, 15) is 4.79 Å². The normalized spacial score (nSPS) is 11.1. The van der Waals surface area contributed by atoms with Gasteiger partial charge in [0.2, 0.25) is 0 Å². The van der Waals surface area contributed by atoms with Gasteiger partial charge in [-0.3, -0.25) is 4.79 Å². The number of ether oxygens (including phenoxy) is 2. The van der Waals surface area contributed by atoms with Gasteiger partial charge in [-0.15, -0.1) is 0 Å². The second-order valence-corrected chi connectivity index (χ2v) is 4.51. The molecule has 5 nitrogen and oxygen atoms in total. The summed E-state index contributed by atoms with van der Waals surface area (Å²) in [4.78, 5) is 18.5. The quantitative estimate of drug-likeness (QED) is 0.455. The van der Waals surface area contributed by atoms with Gasteiger partial charge in [0.25, 0.3) is 5.56 Å². The van der Waals surface area contributed by atoms with Gasteiger partial charge in [-0.1, -0.05) is 25.1 Å².